The van der Waals surface area contributed by atoms with Crippen molar-refractivity contribution in [3.8, 4) is 11.3 Å². The number of pyridine rings is 1. The number of nitrogens with zero attached hydrogens (tertiary/aromatic N) is 1. The molecule has 0 aliphatic carbocycles. The van der Waals surface area contributed by atoms with Gasteiger partial charge in [-0.1, -0.05) is 24.3 Å². The topological polar surface area (TPSA) is 66.9 Å². The van der Waals surface area contributed by atoms with E-state index in [1.54, 1.807) is 29.0 Å². The van der Waals surface area contributed by atoms with Gasteiger partial charge in [-0.3, -0.25) is 9.59 Å². The Hall–Kier alpha value is -3.67. The molecule has 2 N–H and O–H groups in total. The Morgan fingerprint density at radius 3 is 2.61 bits per heavy atom. The molecule has 4 aromatic rings. The van der Waals surface area contributed by atoms with Gasteiger partial charge in [0.05, 0.1) is 0 Å². The van der Waals surface area contributed by atoms with Crippen LogP contribution in [0.2, 0.25) is 0 Å². The summed E-state index contributed by atoms with van der Waals surface area (Å²) in [7, 11) is 0. The number of hydrogen-bond acceptors (Lipinski definition) is 2. The molecule has 0 unspecified atom stereocenters. The Morgan fingerprint density at radius 1 is 1.06 bits per heavy atom. The maximum Gasteiger partial charge on any atom is 0.255 e. The summed E-state index contributed by atoms with van der Waals surface area (Å²) in [6.07, 6.45) is 2.54. The molecule has 1 amide bonds. The largest absolute Gasteiger partial charge is 0.354 e. The number of carbonyl (C=O) groups is 1. The van der Waals surface area contributed by atoms with Gasteiger partial charge in [-0.15, -0.1) is 0 Å². The zero-order chi connectivity index (χ0) is 21.8. The lowest BCUT2D eigenvalue weighted by atomic mass is 10.0. The summed E-state index contributed by atoms with van der Waals surface area (Å²) >= 11 is 0. The molecule has 0 fully saturated rings. The van der Waals surface area contributed by atoms with E-state index in [0.717, 1.165) is 27.7 Å². The van der Waals surface area contributed by atoms with E-state index < -0.39 is 0 Å². The van der Waals surface area contributed by atoms with Gasteiger partial charge in [-0.25, -0.2) is 4.39 Å². The van der Waals surface area contributed by atoms with Crippen LogP contribution in [0.1, 0.15) is 24.5 Å². The van der Waals surface area contributed by atoms with Crippen LogP contribution in [0.25, 0.3) is 22.2 Å². The Kier molecular flexibility index (Phi) is 5.98. The van der Waals surface area contributed by atoms with Crippen LogP contribution in [0.4, 0.5) is 4.39 Å². The summed E-state index contributed by atoms with van der Waals surface area (Å²) in [5, 5.41) is 3.90. The summed E-state index contributed by atoms with van der Waals surface area (Å²) in [6.45, 7) is 2.70. The molecule has 5 nitrogen and oxygen atoms in total. The minimum absolute atomic E-state index is 0.0828. The molecular weight excluding hydrogens is 393 g/mol. The molecule has 158 valence electrons. The molecule has 0 aliphatic heterocycles. The number of carbonyl (C=O) groups excluding carboxylic acids is 1. The maximum atomic E-state index is 13.4. The summed E-state index contributed by atoms with van der Waals surface area (Å²) in [6, 6.07) is 17.8. The Labute approximate surface area is 179 Å². The van der Waals surface area contributed by atoms with Crippen molar-refractivity contribution in [2.75, 3.05) is 0 Å². The minimum atomic E-state index is -0.288. The van der Waals surface area contributed by atoms with Crippen molar-refractivity contribution in [3.63, 3.8) is 0 Å². The van der Waals surface area contributed by atoms with E-state index in [4.69, 9.17) is 0 Å². The molecule has 2 heterocycles. The average Bonchev–Trinajstić information content (AvgIpc) is 3.16. The van der Waals surface area contributed by atoms with E-state index >= 15 is 0 Å². The predicted octanol–water partition coefficient (Wildman–Crippen LogP) is 4.40. The second kappa shape index (κ2) is 9.00. The molecule has 0 radical (unpaired) electrons. The summed E-state index contributed by atoms with van der Waals surface area (Å²) in [5.41, 5.74) is 4.24. The van der Waals surface area contributed by atoms with E-state index in [1.165, 1.54) is 12.1 Å². The number of hydrogen-bond donors (Lipinski definition) is 2. The number of fused-ring (bicyclic) bond motifs is 1. The number of amides is 1. The maximum absolute atomic E-state index is 13.4. The highest BCUT2D eigenvalue weighted by atomic mass is 19.1. The van der Waals surface area contributed by atoms with Gasteiger partial charge in [0.2, 0.25) is 5.91 Å². The highest BCUT2D eigenvalue weighted by Crippen LogP contribution is 2.31. The van der Waals surface area contributed by atoms with Crippen LogP contribution in [0, 0.1) is 5.82 Å². The number of benzene rings is 2. The molecule has 2 aromatic heterocycles. The third-order valence-electron chi connectivity index (χ3n) is 5.46. The van der Waals surface area contributed by atoms with Crippen molar-refractivity contribution >= 4 is 16.8 Å². The molecule has 31 heavy (non-hydrogen) atoms. The lowest BCUT2D eigenvalue weighted by Gasteiger charge is -2.08. The van der Waals surface area contributed by atoms with E-state index in [2.05, 4.69) is 10.3 Å². The number of aromatic amines is 1. The van der Waals surface area contributed by atoms with Crippen LogP contribution in [0.5, 0.6) is 0 Å². The number of aromatic nitrogens is 2. The molecule has 0 atom stereocenters. The van der Waals surface area contributed by atoms with E-state index in [9.17, 15) is 14.0 Å². The molecule has 0 saturated carbocycles. The quantitative estimate of drug-likeness (QED) is 0.468. The number of aryl methyl sites for hydroxylation is 2. The first kappa shape index (κ1) is 20.6. The Morgan fingerprint density at radius 2 is 1.84 bits per heavy atom. The van der Waals surface area contributed by atoms with Gasteiger partial charge in [0.25, 0.3) is 5.56 Å². The number of H-pyrrole nitrogens is 1. The highest BCUT2D eigenvalue weighted by Gasteiger charge is 2.15. The Balaban J connectivity index is 1.51. The molecular formula is C25H24FN3O2. The molecule has 0 saturated heterocycles. The second-order valence-electron chi connectivity index (χ2n) is 7.43. The molecule has 0 spiro atoms. The van der Waals surface area contributed by atoms with Crippen LogP contribution >= 0.6 is 0 Å². The number of halogens is 1. The zero-order valence-electron chi connectivity index (χ0n) is 17.3. The standard InChI is InChI=1S/C25H24FN3O2/c1-2-29-15-5-6-18(25(29)31)16-27-23(30)14-13-21-20-7-3-4-8-22(20)28-24(21)17-9-11-19(26)12-10-17/h3-12,15,28H,2,13-14,16H2,1H3,(H,27,30). The molecule has 0 aliphatic rings. The number of para-hydroxylation sites is 1. The average molecular weight is 417 g/mol. The summed E-state index contributed by atoms with van der Waals surface area (Å²) < 4.78 is 15.0. The zero-order valence-corrected chi connectivity index (χ0v) is 17.3. The molecule has 4 rings (SSSR count). The van der Waals surface area contributed by atoms with Crippen LogP contribution in [0.15, 0.2) is 71.7 Å². The normalized spacial score (nSPS) is 11.0. The SMILES string of the molecule is CCn1cccc(CNC(=O)CCc2c(-c3ccc(F)cc3)[nH]c3ccccc23)c1=O. The van der Waals surface area contributed by atoms with Gasteiger partial charge in [0, 0.05) is 47.9 Å². The van der Waals surface area contributed by atoms with Crippen molar-refractivity contribution in [3.05, 3.63) is 94.2 Å². The van der Waals surface area contributed by atoms with E-state index in [-0.39, 0.29) is 30.2 Å². The fourth-order valence-electron chi connectivity index (χ4n) is 3.81. The smallest absolute Gasteiger partial charge is 0.255 e. The fraction of sp³-hybridized carbons (Fsp3) is 0.200. The monoisotopic (exact) mass is 417 g/mol. The van der Waals surface area contributed by atoms with Gasteiger partial charge < -0.3 is 14.9 Å². The summed E-state index contributed by atoms with van der Waals surface area (Å²) in [4.78, 5) is 28.2. The van der Waals surface area contributed by atoms with E-state index in [1.807, 2.05) is 37.3 Å². The van der Waals surface area contributed by atoms with Gasteiger partial charge in [0.15, 0.2) is 0 Å². The number of rotatable bonds is 7. The third-order valence-corrected chi connectivity index (χ3v) is 5.46. The van der Waals surface area contributed by atoms with Crippen LogP contribution < -0.4 is 10.9 Å². The lowest BCUT2D eigenvalue weighted by molar-refractivity contribution is -0.121. The number of nitrogens with one attached hydrogen (secondary N) is 2. The molecule has 6 heteroatoms. The van der Waals surface area contributed by atoms with Gasteiger partial charge in [-0.05, 0) is 60.9 Å². The first-order chi connectivity index (χ1) is 15.1. The first-order valence-corrected chi connectivity index (χ1v) is 10.4. The van der Waals surface area contributed by atoms with Gasteiger partial charge >= 0.3 is 0 Å². The minimum Gasteiger partial charge on any atom is -0.354 e. The van der Waals surface area contributed by atoms with Crippen molar-refractivity contribution in [1.82, 2.24) is 14.9 Å². The van der Waals surface area contributed by atoms with Crippen LogP contribution in [0.3, 0.4) is 0 Å². The predicted molar refractivity (Wildman–Crippen MR) is 120 cm³/mol. The van der Waals surface area contributed by atoms with Crippen molar-refractivity contribution < 1.29 is 9.18 Å². The fourth-order valence-corrected chi connectivity index (χ4v) is 3.81. The van der Waals surface area contributed by atoms with Crippen LogP contribution in [-0.2, 0) is 24.3 Å². The third kappa shape index (κ3) is 4.43. The second-order valence-corrected chi connectivity index (χ2v) is 7.43. The van der Waals surface area contributed by atoms with Crippen molar-refractivity contribution in [2.24, 2.45) is 0 Å². The van der Waals surface area contributed by atoms with E-state index in [0.29, 0.717) is 18.5 Å². The van der Waals surface area contributed by atoms with Crippen molar-refractivity contribution in [1.29, 1.82) is 0 Å². The first-order valence-electron chi connectivity index (χ1n) is 10.4. The van der Waals surface area contributed by atoms with Crippen LogP contribution in [-0.4, -0.2) is 15.5 Å². The van der Waals surface area contributed by atoms with Gasteiger partial charge in [-0.2, -0.15) is 0 Å². The van der Waals surface area contributed by atoms with Crippen molar-refractivity contribution in [2.45, 2.75) is 32.9 Å². The molecule has 2 aromatic carbocycles. The Bertz CT molecular complexity index is 1270. The highest BCUT2D eigenvalue weighted by molar-refractivity contribution is 5.91. The summed E-state index contributed by atoms with van der Waals surface area (Å²) in [5.74, 6) is -0.412. The molecule has 0 bridgehead atoms. The van der Waals surface area contributed by atoms with Gasteiger partial charge in [0.1, 0.15) is 5.82 Å². The lowest BCUT2D eigenvalue weighted by Crippen LogP contribution is -2.29.